The van der Waals surface area contributed by atoms with Crippen molar-refractivity contribution in [1.29, 1.82) is 0 Å². The van der Waals surface area contributed by atoms with Crippen LogP contribution in [0.3, 0.4) is 0 Å². The summed E-state index contributed by atoms with van der Waals surface area (Å²) in [6.45, 7) is 2.55. The third-order valence-corrected chi connectivity index (χ3v) is 5.66. The number of nitro benzene ring substituents is 1. The van der Waals surface area contributed by atoms with E-state index in [1.54, 1.807) is 26.1 Å². The Morgan fingerprint density at radius 3 is 2.61 bits per heavy atom. The molecule has 2 atom stereocenters. The predicted molar refractivity (Wildman–Crippen MR) is 121 cm³/mol. The summed E-state index contributed by atoms with van der Waals surface area (Å²) in [4.78, 5) is 25.4. The number of ether oxygens (including phenoxy) is 2. The average molecular weight is 461 g/mol. The minimum atomic E-state index is -0.594. The first-order chi connectivity index (χ1) is 15.8. The summed E-state index contributed by atoms with van der Waals surface area (Å²) in [7, 11) is 3.01. The Morgan fingerprint density at radius 1 is 1.24 bits per heavy atom. The van der Waals surface area contributed by atoms with Crippen LogP contribution < -0.4 is 20.3 Å². The number of nitrogens with zero attached hydrogens (tertiary/aromatic N) is 2. The molecule has 1 aliphatic heterocycles. The first-order valence-corrected chi connectivity index (χ1v) is 10.8. The van der Waals surface area contributed by atoms with Gasteiger partial charge in [0, 0.05) is 31.7 Å². The largest absolute Gasteiger partial charge is 0.493 e. The molecule has 2 aromatic rings. The van der Waals surface area contributed by atoms with Crippen LogP contribution in [0.2, 0.25) is 0 Å². The van der Waals surface area contributed by atoms with Crippen LogP contribution in [0.4, 0.5) is 10.1 Å². The van der Waals surface area contributed by atoms with Crippen molar-refractivity contribution in [2.24, 2.45) is 0 Å². The minimum Gasteiger partial charge on any atom is -0.493 e. The first kappa shape index (κ1) is 24.4. The maximum absolute atomic E-state index is 13.1. The standard InChI is InChI=1S/C23H29FN4O5/c1-4-33-22-13-18(20(28(30)31)14-21(22)32-3)23(29)27(2)11-5-6-17-12-19(26-25-17)15-7-9-16(24)10-8-15/h7-10,13-14,17,19,25-26H,4-6,11-12H2,1-3H3. The number of hydrazine groups is 1. The third-order valence-electron chi connectivity index (χ3n) is 5.66. The quantitative estimate of drug-likeness (QED) is 0.412. The summed E-state index contributed by atoms with van der Waals surface area (Å²) in [5, 5.41) is 11.5. The Balaban J connectivity index is 1.59. The number of halogens is 1. The molecule has 0 saturated carbocycles. The number of nitro groups is 1. The number of amides is 1. The van der Waals surface area contributed by atoms with Gasteiger partial charge in [-0.2, -0.15) is 0 Å². The molecular formula is C23H29FN4O5. The van der Waals surface area contributed by atoms with Crippen molar-refractivity contribution >= 4 is 11.6 Å². The molecule has 1 amide bonds. The average Bonchev–Trinajstić information content (AvgIpc) is 3.27. The van der Waals surface area contributed by atoms with Gasteiger partial charge in [0.15, 0.2) is 11.5 Å². The van der Waals surface area contributed by atoms with Crippen LogP contribution in [0.5, 0.6) is 11.5 Å². The normalized spacial score (nSPS) is 17.6. The summed E-state index contributed by atoms with van der Waals surface area (Å²) >= 11 is 0. The Labute approximate surface area is 192 Å². The highest BCUT2D eigenvalue weighted by molar-refractivity contribution is 5.99. The van der Waals surface area contributed by atoms with E-state index in [-0.39, 0.29) is 40.7 Å². The number of carbonyl (C=O) groups is 1. The van der Waals surface area contributed by atoms with E-state index in [1.165, 1.54) is 36.3 Å². The molecule has 0 bridgehead atoms. The zero-order valence-electron chi connectivity index (χ0n) is 19.0. The molecule has 0 spiro atoms. The fourth-order valence-electron chi connectivity index (χ4n) is 3.91. The number of methoxy groups -OCH3 is 1. The van der Waals surface area contributed by atoms with Crippen molar-refractivity contribution in [3.05, 3.63) is 63.5 Å². The van der Waals surface area contributed by atoms with Gasteiger partial charge in [0.1, 0.15) is 11.4 Å². The van der Waals surface area contributed by atoms with Crippen LogP contribution >= 0.6 is 0 Å². The van der Waals surface area contributed by atoms with Crippen molar-refractivity contribution in [2.75, 3.05) is 27.3 Å². The second kappa shape index (κ2) is 11.1. The molecule has 1 heterocycles. The van der Waals surface area contributed by atoms with Crippen LogP contribution in [0.15, 0.2) is 36.4 Å². The molecule has 178 valence electrons. The van der Waals surface area contributed by atoms with Gasteiger partial charge in [-0.25, -0.2) is 4.39 Å². The minimum absolute atomic E-state index is 0.0382. The maximum Gasteiger partial charge on any atom is 0.286 e. The molecule has 2 unspecified atom stereocenters. The molecule has 0 aliphatic carbocycles. The molecule has 9 nitrogen and oxygen atoms in total. The van der Waals surface area contributed by atoms with Crippen LogP contribution in [-0.4, -0.2) is 49.1 Å². The zero-order valence-corrected chi connectivity index (χ0v) is 19.0. The van der Waals surface area contributed by atoms with Crippen molar-refractivity contribution in [3.8, 4) is 11.5 Å². The highest BCUT2D eigenvalue weighted by atomic mass is 19.1. The van der Waals surface area contributed by atoms with Gasteiger partial charge in [0.2, 0.25) is 0 Å². The fraction of sp³-hybridized carbons (Fsp3) is 0.435. The van der Waals surface area contributed by atoms with Gasteiger partial charge >= 0.3 is 0 Å². The molecule has 1 aliphatic rings. The number of rotatable bonds is 10. The number of carbonyl (C=O) groups excluding carboxylic acids is 1. The van der Waals surface area contributed by atoms with Crippen molar-refractivity contribution < 1.29 is 23.6 Å². The van der Waals surface area contributed by atoms with Gasteiger partial charge in [0.05, 0.1) is 24.7 Å². The van der Waals surface area contributed by atoms with E-state index in [2.05, 4.69) is 10.9 Å². The molecule has 33 heavy (non-hydrogen) atoms. The van der Waals surface area contributed by atoms with E-state index in [4.69, 9.17) is 9.47 Å². The molecule has 0 aromatic heterocycles. The van der Waals surface area contributed by atoms with Crippen LogP contribution in [0, 0.1) is 15.9 Å². The Bertz CT molecular complexity index is 986. The van der Waals surface area contributed by atoms with Gasteiger partial charge in [-0.05, 0) is 43.9 Å². The van der Waals surface area contributed by atoms with Crippen molar-refractivity contribution in [3.63, 3.8) is 0 Å². The Hall–Kier alpha value is -3.24. The van der Waals surface area contributed by atoms with Crippen molar-refractivity contribution in [1.82, 2.24) is 15.8 Å². The van der Waals surface area contributed by atoms with Gasteiger partial charge < -0.3 is 14.4 Å². The smallest absolute Gasteiger partial charge is 0.286 e. The zero-order chi connectivity index (χ0) is 24.0. The number of nitrogens with one attached hydrogen (secondary N) is 2. The van der Waals surface area contributed by atoms with Crippen molar-refractivity contribution in [2.45, 2.75) is 38.3 Å². The van der Waals surface area contributed by atoms with Gasteiger partial charge in [-0.1, -0.05) is 12.1 Å². The molecule has 10 heteroatoms. The van der Waals surface area contributed by atoms with E-state index in [1.807, 2.05) is 0 Å². The number of hydrogen-bond acceptors (Lipinski definition) is 7. The van der Waals surface area contributed by atoms with E-state index >= 15 is 0 Å². The lowest BCUT2D eigenvalue weighted by molar-refractivity contribution is -0.385. The molecule has 2 N–H and O–H groups in total. The van der Waals surface area contributed by atoms with Gasteiger partial charge in [0.25, 0.3) is 11.6 Å². The fourth-order valence-corrected chi connectivity index (χ4v) is 3.91. The summed E-state index contributed by atoms with van der Waals surface area (Å²) in [5.41, 5.74) is 7.12. The lowest BCUT2D eigenvalue weighted by Crippen LogP contribution is -2.32. The highest BCUT2D eigenvalue weighted by Gasteiger charge is 2.28. The SMILES string of the molecule is CCOc1cc(C(=O)N(C)CCCC2CC(c3ccc(F)cc3)NN2)c([N+](=O)[O-])cc1OC. The number of benzene rings is 2. The summed E-state index contributed by atoms with van der Waals surface area (Å²) in [6.07, 6.45) is 2.35. The number of hydrogen-bond donors (Lipinski definition) is 2. The second-order valence-corrected chi connectivity index (χ2v) is 7.90. The summed E-state index contributed by atoms with van der Waals surface area (Å²) in [5.74, 6) is -0.222. The molecule has 2 aromatic carbocycles. The monoisotopic (exact) mass is 460 g/mol. The lowest BCUT2D eigenvalue weighted by atomic mass is 9.99. The Morgan fingerprint density at radius 2 is 1.97 bits per heavy atom. The van der Waals surface area contributed by atoms with E-state index < -0.39 is 10.8 Å². The van der Waals surface area contributed by atoms with E-state index in [0.29, 0.717) is 19.6 Å². The van der Waals surface area contributed by atoms with Gasteiger partial charge in [-0.15, -0.1) is 0 Å². The first-order valence-electron chi connectivity index (χ1n) is 10.8. The third kappa shape index (κ3) is 5.96. The maximum atomic E-state index is 13.1. The molecule has 0 radical (unpaired) electrons. The van der Waals surface area contributed by atoms with E-state index in [9.17, 15) is 19.3 Å². The topological polar surface area (TPSA) is 106 Å². The lowest BCUT2D eigenvalue weighted by Gasteiger charge is -2.19. The Kier molecular flexibility index (Phi) is 8.18. The summed E-state index contributed by atoms with van der Waals surface area (Å²) in [6, 6.07) is 9.30. The van der Waals surface area contributed by atoms with Crippen LogP contribution in [-0.2, 0) is 0 Å². The molecule has 3 rings (SSSR count). The predicted octanol–water partition coefficient (Wildman–Crippen LogP) is 3.60. The molecular weight excluding hydrogens is 431 g/mol. The van der Waals surface area contributed by atoms with Gasteiger partial charge in [-0.3, -0.25) is 25.8 Å². The second-order valence-electron chi connectivity index (χ2n) is 7.90. The molecule has 1 saturated heterocycles. The van der Waals surface area contributed by atoms with Crippen LogP contribution in [0.25, 0.3) is 0 Å². The highest BCUT2D eigenvalue weighted by Crippen LogP contribution is 2.35. The van der Waals surface area contributed by atoms with Crippen LogP contribution in [0.1, 0.15) is 48.1 Å². The molecule has 1 fully saturated rings. The summed E-state index contributed by atoms with van der Waals surface area (Å²) < 4.78 is 23.8. The van der Waals surface area contributed by atoms with E-state index in [0.717, 1.165) is 18.4 Å².